The lowest BCUT2D eigenvalue weighted by molar-refractivity contribution is -0.118. The third kappa shape index (κ3) is 2.16. The minimum atomic E-state index is -0.431. The van der Waals surface area contributed by atoms with E-state index in [2.05, 4.69) is 10.6 Å². The van der Waals surface area contributed by atoms with Gasteiger partial charge in [0.2, 0.25) is 5.91 Å². The Bertz CT molecular complexity index is 468. The number of hydrogen-bond acceptors (Lipinski definition) is 2. The van der Waals surface area contributed by atoms with Gasteiger partial charge in [-0.1, -0.05) is 25.5 Å². The maximum absolute atomic E-state index is 12.1. The molecule has 0 unspecified atom stereocenters. The van der Waals surface area contributed by atoms with E-state index in [9.17, 15) is 9.59 Å². The van der Waals surface area contributed by atoms with Crippen molar-refractivity contribution >= 4 is 17.5 Å². The monoisotopic (exact) mass is 232 g/mol. The Morgan fingerprint density at radius 1 is 1.29 bits per heavy atom. The van der Waals surface area contributed by atoms with Gasteiger partial charge >= 0.3 is 0 Å². The number of fused-ring (bicyclic) bond motifs is 1. The highest BCUT2D eigenvalue weighted by Gasteiger charge is 2.27. The number of benzene rings is 1. The van der Waals surface area contributed by atoms with Crippen molar-refractivity contribution in [3.8, 4) is 0 Å². The fourth-order valence-electron chi connectivity index (χ4n) is 2.08. The molecule has 2 N–H and O–H groups in total. The molecule has 0 aliphatic carbocycles. The van der Waals surface area contributed by atoms with E-state index in [1.807, 2.05) is 26.0 Å². The summed E-state index contributed by atoms with van der Waals surface area (Å²) in [7, 11) is 0. The molecule has 1 atom stereocenters. The molecule has 1 aliphatic heterocycles. The number of nitrogens with one attached hydrogen (secondary N) is 2. The van der Waals surface area contributed by atoms with Crippen molar-refractivity contribution in [2.75, 3.05) is 5.32 Å². The summed E-state index contributed by atoms with van der Waals surface area (Å²) in [6, 6.07) is 5.03. The summed E-state index contributed by atoms with van der Waals surface area (Å²) in [6.07, 6.45) is 1.51. The van der Waals surface area contributed by atoms with Gasteiger partial charge < -0.3 is 10.6 Å². The summed E-state index contributed by atoms with van der Waals surface area (Å²) in [5, 5.41) is 5.58. The van der Waals surface area contributed by atoms with Gasteiger partial charge in [0, 0.05) is 0 Å². The molecule has 0 radical (unpaired) electrons. The fraction of sp³-hybridized carbons (Fsp3) is 0.385. The second-order valence-corrected chi connectivity index (χ2v) is 4.30. The second-order valence-electron chi connectivity index (χ2n) is 4.30. The van der Waals surface area contributed by atoms with Gasteiger partial charge in [-0.2, -0.15) is 0 Å². The highest BCUT2D eigenvalue weighted by atomic mass is 16.2. The maximum Gasteiger partial charge on any atom is 0.254 e. The zero-order valence-corrected chi connectivity index (χ0v) is 10.0. The summed E-state index contributed by atoms with van der Waals surface area (Å²) in [6.45, 7) is 3.85. The van der Waals surface area contributed by atoms with Crippen molar-refractivity contribution in [3.05, 3.63) is 29.3 Å². The van der Waals surface area contributed by atoms with Crippen LogP contribution in [0.2, 0.25) is 0 Å². The number of anilines is 1. The Labute approximate surface area is 100 Å². The van der Waals surface area contributed by atoms with Crippen LogP contribution in [0.5, 0.6) is 0 Å². The maximum atomic E-state index is 12.1. The van der Waals surface area contributed by atoms with E-state index < -0.39 is 6.04 Å². The van der Waals surface area contributed by atoms with Crippen LogP contribution in [-0.4, -0.2) is 17.9 Å². The molecule has 2 rings (SSSR count). The van der Waals surface area contributed by atoms with Gasteiger partial charge in [-0.25, -0.2) is 0 Å². The van der Waals surface area contributed by atoms with Crippen LogP contribution in [-0.2, 0) is 4.79 Å². The first kappa shape index (κ1) is 11.6. The Morgan fingerprint density at radius 2 is 2.06 bits per heavy atom. The van der Waals surface area contributed by atoms with Crippen LogP contribution in [0.1, 0.15) is 35.7 Å². The van der Waals surface area contributed by atoms with Gasteiger partial charge in [0.25, 0.3) is 5.91 Å². The Morgan fingerprint density at radius 3 is 2.76 bits per heavy atom. The number of amides is 2. The molecule has 1 aromatic rings. The summed E-state index contributed by atoms with van der Waals surface area (Å²) < 4.78 is 0. The molecule has 0 spiro atoms. The third-order valence-electron chi connectivity index (χ3n) is 2.96. The van der Waals surface area contributed by atoms with Gasteiger partial charge in [0.15, 0.2) is 0 Å². The topological polar surface area (TPSA) is 58.2 Å². The number of carbonyl (C=O) groups is 2. The molecule has 0 saturated heterocycles. The first-order chi connectivity index (χ1) is 8.13. The number of carbonyl (C=O) groups excluding carboxylic acids is 2. The van der Waals surface area contributed by atoms with Crippen molar-refractivity contribution in [1.29, 1.82) is 0 Å². The Kier molecular flexibility index (Phi) is 3.13. The number of rotatable bonds is 2. The zero-order valence-electron chi connectivity index (χ0n) is 10.0. The molecule has 90 valence electrons. The SMILES string of the molecule is CCC[C@@H]1NC(=O)c2c(C)cccc2NC1=O. The van der Waals surface area contributed by atoms with Gasteiger partial charge in [0.1, 0.15) is 6.04 Å². The van der Waals surface area contributed by atoms with Crippen LogP contribution in [0.25, 0.3) is 0 Å². The zero-order chi connectivity index (χ0) is 12.4. The average molecular weight is 232 g/mol. The minimum Gasteiger partial charge on any atom is -0.340 e. The van der Waals surface area contributed by atoms with Crippen LogP contribution in [0.4, 0.5) is 5.69 Å². The molecular formula is C13H16N2O2. The average Bonchev–Trinajstić information content (AvgIpc) is 2.38. The van der Waals surface area contributed by atoms with Gasteiger partial charge in [-0.3, -0.25) is 9.59 Å². The summed E-state index contributed by atoms with van der Waals surface area (Å²) in [5.74, 6) is -0.306. The molecule has 0 saturated carbocycles. The summed E-state index contributed by atoms with van der Waals surface area (Å²) in [4.78, 5) is 24.0. The van der Waals surface area contributed by atoms with E-state index >= 15 is 0 Å². The molecule has 1 heterocycles. The van der Waals surface area contributed by atoms with E-state index in [-0.39, 0.29) is 11.8 Å². The molecule has 0 bridgehead atoms. The first-order valence-corrected chi connectivity index (χ1v) is 5.84. The standard InChI is InChI=1S/C13H16N2O2/c1-3-5-10-12(16)14-9-7-4-6-8(2)11(9)13(17)15-10/h4,6-7,10H,3,5H2,1-2H3,(H,14,16)(H,15,17)/t10-/m0/s1. The van der Waals surface area contributed by atoms with Crippen LogP contribution < -0.4 is 10.6 Å². The molecule has 0 fully saturated rings. The van der Waals surface area contributed by atoms with E-state index in [1.54, 1.807) is 6.07 Å². The summed E-state index contributed by atoms with van der Waals surface area (Å²) >= 11 is 0. The first-order valence-electron chi connectivity index (χ1n) is 5.84. The normalized spacial score (nSPS) is 19.1. The van der Waals surface area contributed by atoms with Crippen molar-refractivity contribution < 1.29 is 9.59 Å². The molecule has 0 aromatic heterocycles. The predicted octanol–water partition coefficient (Wildman–Crippen LogP) is 1.85. The van der Waals surface area contributed by atoms with Crippen molar-refractivity contribution in [2.45, 2.75) is 32.7 Å². The van der Waals surface area contributed by atoms with Crippen LogP contribution in [0, 0.1) is 6.92 Å². The molecular weight excluding hydrogens is 216 g/mol. The Hall–Kier alpha value is -1.84. The number of aryl methyl sites for hydroxylation is 1. The fourth-order valence-corrected chi connectivity index (χ4v) is 2.08. The van der Waals surface area contributed by atoms with E-state index in [1.165, 1.54) is 0 Å². The highest BCUT2D eigenvalue weighted by Crippen LogP contribution is 2.22. The van der Waals surface area contributed by atoms with E-state index in [0.29, 0.717) is 17.7 Å². The highest BCUT2D eigenvalue weighted by molar-refractivity contribution is 6.10. The third-order valence-corrected chi connectivity index (χ3v) is 2.96. The molecule has 1 aliphatic rings. The van der Waals surface area contributed by atoms with Crippen LogP contribution in [0.15, 0.2) is 18.2 Å². The van der Waals surface area contributed by atoms with Crippen molar-refractivity contribution in [1.82, 2.24) is 5.32 Å². The van der Waals surface area contributed by atoms with Crippen LogP contribution >= 0.6 is 0 Å². The van der Waals surface area contributed by atoms with Gasteiger partial charge in [0.05, 0.1) is 11.3 Å². The Balaban J connectivity index is 2.40. The van der Waals surface area contributed by atoms with E-state index in [4.69, 9.17) is 0 Å². The minimum absolute atomic E-state index is 0.135. The van der Waals surface area contributed by atoms with Gasteiger partial charge in [-0.05, 0) is 25.0 Å². The van der Waals surface area contributed by atoms with Crippen molar-refractivity contribution in [3.63, 3.8) is 0 Å². The van der Waals surface area contributed by atoms with E-state index in [0.717, 1.165) is 12.0 Å². The number of hydrogen-bond donors (Lipinski definition) is 2. The smallest absolute Gasteiger partial charge is 0.254 e. The lowest BCUT2D eigenvalue weighted by Crippen LogP contribution is -2.41. The predicted molar refractivity (Wildman–Crippen MR) is 66.0 cm³/mol. The van der Waals surface area contributed by atoms with Crippen molar-refractivity contribution in [2.24, 2.45) is 0 Å². The lowest BCUT2D eigenvalue weighted by atomic mass is 10.1. The second kappa shape index (κ2) is 4.57. The molecule has 17 heavy (non-hydrogen) atoms. The molecule has 4 heteroatoms. The lowest BCUT2D eigenvalue weighted by Gasteiger charge is -2.12. The molecule has 1 aromatic carbocycles. The largest absolute Gasteiger partial charge is 0.340 e. The quantitative estimate of drug-likeness (QED) is 0.817. The van der Waals surface area contributed by atoms with Gasteiger partial charge in [-0.15, -0.1) is 0 Å². The summed E-state index contributed by atoms with van der Waals surface area (Å²) in [5.41, 5.74) is 2.04. The molecule has 4 nitrogen and oxygen atoms in total. The molecule has 2 amide bonds. The van der Waals surface area contributed by atoms with Crippen LogP contribution in [0.3, 0.4) is 0 Å².